The van der Waals surface area contributed by atoms with E-state index in [2.05, 4.69) is 4.74 Å². The molecule has 80 valence electrons. The van der Waals surface area contributed by atoms with E-state index in [1.807, 2.05) is 0 Å². The SMILES string of the molecule is CC(=O)O[Si](C)(COC=O)OC(C)=O. The van der Waals surface area contributed by atoms with E-state index in [9.17, 15) is 14.4 Å². The maximum atomic E-state index is 10.7. The molecule has 0 rings (SSSR count). The van der Waals surface area contributed by atoms with Gasteiger partial charge in [0.1, 0.15) is 0 Å². The molecule has 0 unspecified atom stereocenters. The highest BCUT2D eigenvalue weighted by atomic mass is 28.4. The van der Waals surface area contributed by atoms with Gasteiger partial charge in [-0.3, -0.25) is 14.4 Å². The van der Waals surface area contributed by atoms with Crippen LogP contribution in [-0.4, -0.2) is 33.2 Å². The monoisotopic (exact) mass is 220 g/mol. The molecule has 0 saturated carbocycles. The van der Waals surface area contributed by atoms with Crippen molar-refractivity contribution in [3.05, 3.63) is 0 Å². The lowest BCUT2D eigenvalue weighted by atomic mass is 10.9. The van der Waals surface area contributed by atoms with Gasteiger partial charge in [-0.15, -0.1) is 0 Å². The third-order valence-corrected chi connectivity index (χ3v) is 3.26. The number of rotatable bonds is 5. The van der Waals surface area contributed by atoms with Crippen molar-refractivity contribution in [2.75, 3.05) is 6.23 Å². The summed E-state index contributed by atoms with van der Waals surface area (Å²) in [4.78, 5) is 31.3. The van der Waals surface area contributed by atoms with Gasteiger partial charge >= 0.3 is 8.56 Å². The lowest BCUT2D eigenvalue weighted by Gasteiger charge is -2.23. The van der Waals surface area contributed by atoms with E-state index in [-0.39, 0.29) is 12.7 Å². The van der Waals surface area contributed by atoms with Crippen molar-refractivity contribution in [2.24, 2.45) is 0 Å². The minimum absolute atomic E-state index is 0.199. The van der Waals surface area contributed by atoms with Gasteiger partial charge in [0.15, 0.2) is 6.23 Å². The van der Waals surface area contributed by atoms with Gasteiger partial charge in [-0.25, -0.2) is 0 Å². The van der Waals surface area contributed by atoms with Gasteiger partial charge in [0.25, 0.3) is 18.4 Å². The third kappa shape index (κ3) is 5.30. The Balaban J connectivity index is 4.38. The largest absolute Gasteiger partial charge is 0.500 e. The van der Waals surface area contributed by atoms with Gasteiger partial charge < -0.3 is 13.6 Å². The molecule has 0 bridgehead atoms. The summed E-state index contributed by atoms with van der Waals surface area (Å²) in [5.74, 6) is -1.15. The molecule has 0 heterocycles. The van der Waals surface area contributed by atoms with Gasteiger partial charge in [-0.2, -0.15) is 0 Å². The van der Waals surface area contributed by atoms with Crippen LogP contribution in [0.2, 0.25) is 6.55 Å². The predicted molar refractivity (Wildman–Crippen MR) is 47.2 cm³/mol. The van der Waals surface area contributed by atoms with E-state index in [4.69, 9.17) is 8.85 Å². The highest BCUT2D eigenvalue weighted by Crippen LogP contribution is 2.08. The number of hydrogen-bond acceptors (Lipinski definition) is 6. The zero-order valence-corrected chi connectivity index (χ0v) is 9.23. The van der Waals surface area contributed by atoms with E-state index in [1.54, 1.807) is 0 Å². The molecule has 0 fully saturated rings. The first-order valence-corrected chi connectivity index (χ1v) is 6.36. The average molecular weight is 220 g/mol. The maximum Gasteiger partial charge on any atom is 0.500 e. The minimum atomic E-state index is -3.05. The molecule has 0 atom stereocenters. The molecule has 0 aliphatic carbocycles. The molecule has 0 aliphatic rings. The van der Waals surface area contributed by atoms with Gasteiger partial charge in [-0.05, 0) is 0 Å². The number of carbonyl (C=O) groups is 3. The smallest absolute Gasteiger partial charge is 0.483 e. The summed E-state index contributed by atoms with van der Waals surface area (Å²) in [6.07, 6.45) is -0.199. The molecule has 0 aromatic heterocycles. The summed E-state index contributed by atoms with van der Waals surface area (Å²) in [6, 6.07) is 0. The molecule has 0 aromatic rings. The van der Waals surface area contributed by atoms with Gasteiger partial charge in [0.2, 0.25) is 0 Å². The van der Waals surface area contributed by atoms with Crippen molar-refractivity contribution in [1.29, 1.82) is 0 Å². The van der Waals surface area contributed by atoms with Crippen LogP contribution < -0.4 is 0 Å². The van der Waals surface area contributed by atoms with Crippen LogP contribution in [0, 0.1) is 0 Å². The van der Waals surface area contributed by atoms with E-state index in [0.29, 0.717) is 0 Å². The minimum Gasteiger partial charge on any atom is -0.483 e. The molecule has 0 radical (unpaired) electrons. The van der Waals surface area contributed by atoms with E-state index < -0.39 is 20.5 Å². The molecule has 0 amide bonds. The molecule has 0 spiro atoms. The number of ether oxygens (including phenoxy) is 1. The Hall–Kier alpha value is -1.37. The summed E-state index contributed by atoms with van der Waals surface area (Å²) in [5, 5.41) is 0. The van der Waals surface area contributed by atoms with Crippen LogP contribution >= 0.6 is 0 Å². The summed E-state index contributed by atoms with van der Waals surface area (Å²) < 4.78 is 14.1. The fraction of sp³-hybridized carbons (Fsp3) is 0.571. The maximum absolute atomic E-state index is 10.7. The second-order valence-electron chi connectivity index (χ2n) is 2.73. The zero-order valence-electron chi connectivity index (χ0n) is 8.23. The lowest BCUT2D eigenvalue weighted by molar-refractivity contribution is -0.141. The Morgan fingerprint density at radius 2 is 1.64 bits per heavy atom. The first-order chi connectivity index (χ1) is 6.39. The first kappa shape index (κ1) is 12.6. The third-order valence-electron chi connectivity index (χ3n) is 1.13. The lowest BCUT2D eigenvalue weighted by Crippen LogP contribution is -2.46. The number of hydrogen-bond donors (Lipinski definition) is 0. The van der Waals surface area contributed by atoms with Crippen LogP contribution in [0.4, 0.5) is 0 Å². The summed E-state index contributed by atoms with van der Waals surface area (Å²) >= 11 is 0. The Bertz CT molecular complexity index is 222. The molecular weight excluding hydrogens is 208 g/mol. The van der Waals surface area contributed by atoms with Gasteiger partial charge in [-0.1, -0.05) is 0 Å². The number of carbonyl (C=O) groups excluding carboxylic acids is 3. The molecule has 0 N–H and O–H groups in total. The second-order valence-corrected chi connectivity index (χ2v) is 5.69. The Labute approximate surface area is 82.4 Å². The first-order valence-electron chi connectivity index (χ1n) is 3.84. The predicted octanol–water partition coefficient (Wildman–Crippen LogP) is -0.103. The quantitative estimate of drug-likeness (QED) is 0.475. The van der Waals surface area contributed by atoms with E-state index in [1.165, 1.54) is 20.4 Å². The fourth-order valence-corrected chi connectivity index (χ4v) is 2.62. The van der Waals surface area contributed by atoms with Crippen LogP contribution in [0.15, 0.2) is 0 Å². The molecule has 0 aromatic carbocycles. The van der Waals surface area contributed by atoms with Gasteiger partial charge in [0, 0.05) is 20.4 Å². The van der Waals surface area contributed by atoms with Crippen LogP contribution in [-0.2, 0) is 28.0 Å². The van der Waals surface area contributed by atoms with E-state index in [0.717, 1.165) is 0 Å². The zero-order chi connectivity index (χ0) is 11.2. The summed E-state index contributed by atoms with van der Waals surface area (Å²) in [7, 11) is -3.05. The van der Waals surface area contributed by atoms with Crippen molar-refractivity contribution in [2.45, 2.75) is 20.4 Å². The van der Waals surface area contributed by atoms with Crippen molar-refractivity contribution in [1.82, 2.24) is 0 Å². The standard InChI is InChI=1S/C7H12O6Si/c1-6(9)12-14(3,5-11-4-8)13-7(2)10/h4H,5H2,1-3H3. The molecule has 14 heavy (non-hydrogen) atoms. The Morgan fingerprint density at radius 1 is 1.21 bits per heavy atom. The Kier molecular flexibility index (Phi) is 4.85. The topological polar surface area (TPSA) is 78.9 Å². The molecule has 0 aliphatic heterocycles. The van der Waals surface area contributed by atoms with Gasteiger partial charge in [0.05, 0.1) is 0 Å². The summed E-state index contributed by atoms with van der Waals surface area (Å²) in [6.45, 7) is 4.04. The second kappa shape index (κ2) is 5.38. The van der Waals surface area contributed by atoms with Crippen LogP contribution in [0.1, 0.15) is 13.8 Å². The highest BCUT2D eigenvalue weighted by molar-refractivity contribution is 6.69. The summed E-state index contributed by atoms with van der Waals surface area (Å²) in [5.41, 5.74) is 0. The Morgan fingerprint density at radius 3 is 1.93 bits per heavy atom. The van der Waals surface area contributed by atoms with Crippen molar-refractivity contribution < 1.29 is 28.0 Å². The van der Waals surface area contributed by atoms with Crippen LogP contribution in [0.5, 0.6) is 0 Å². The molecule has 6 nitrogen and oxygen atoms in total. The van der Waals surface area contributed by atoms with Crippen LogP contribution in [0.25, 0.3) is 0 Å². The molecule has 7 heteroatoms. The van der Waals surface area contributed by atoms with Crippen molar-refractivity contribution >= 4 is 27.0 Å². The molecular formula is C7H12O6Si. The van der Waals surface area contributed by atoms with E-state index >= 15 is 0 Å². The normalized spacial score (nSPS) is 10.2. The fourth-order valence-electron chi connectivity index (χ4n) is 0.873. The molecule has 0 saturated heterocycles. The van der Waals surface area contributed by atoms with Crippen LogP contribution in [0.3, 0.4) is 0 Å². The highest BCUT2D eigenvalue weighted by Gasteiger charge is 2.39. The van der Waals surface area contributed by atoms with Crippen molar-refractivity contribution in [3.63, 3.8) is 0 Å². The van der Waals surface area contributed by atoms with Crippen molar-refractivity contribution in [3.8, 4) is 0 Å². The average Bonchev–Trinajstić information content (AvgIpc) is 1.97.